The summed E-state index contributed by atoms with van der Waals surface area (Å²) in [5.41, 5.74) is 6.76. The fourth-order valence-electron chi connectivity index (χ4n) is 5.97. The van der Waals surface area contributed by atoms with E-state index in [1.54, 1.807) is 17.4 Å². The second kappa shape index (κ2) is 12.1. The molecule has 0 aliphatic carbocycles. The lowest BCUT2D eigenvalue weighted by Crippen LogP contribution is -2.35. The zero-order valence-corrected chi connectivity index (χ0v) is 26.0. The van der Waals surface area contributed by atoms with Crippen molar-refractivity contribution in [2.24, 2.45) is 7.05 Å². The normalized spacial score (nSPS) is 12.9. The van der Waals surface area contributed by atoms with E-state index in [-0.39, 0.29) is 30.4 Å². The van der Waals surface area contributed by atoms with Crippen LogP contribution in [0.25, 0.3) is 54.8 Å². The van der Waals surface area contributed by atoms with Gasteiger partial charge in [-0.2, -0.15) is 0 Å². The lowest BCUT2D eigenvalue weighted by Gasteiger charge is -2.27. The summed E-state index contributed by atoms with van der Waals surface area (Å²) in [4.78, 5) is 28.6. The van der Waals surface area contributed by atoms with Gasteiger partial charge in [-0.1, -0.05) is 12.6 Å². The average molecular weight is 638 g/mol. The van der Waals surface area contributed by atoms with Crippen LogP contribution in [0.15, 0.2) is 73.0 Å². The van der Waals surface area contributed by atoms with Crippen LogP contribution in [0, 0.1) is 11.6 Å². The van der Waals surface area contributed by atoms with Gasteiger partial charge in [-0.3, -0.25) is 9.78 Å². The Balaban J connectivity index is 1.50. The van der Waals surface area contributed by atoms with Crippen LogP contribution in [-0.2, 0) is 29.5 Å². The maximum atomic E-state index is 16.0. The summed E-state index contributed by atoms with van der Waals surface area (Å²) in [6, 6.07) is 11.9. The number of ether oxygens (including phenoxy) is 2. The van der Waals surface area contributed by atoms with Crippen molar-refractivity contribution in [2.45, 2.75) is 13.0 Å². The topological polar surface area (TPSA) is 82.4 Å². The van der Waals surface area contributed by atoms with E-state index >= 15 is 4.39 Å². The summed E-state index contributed by atoms with van der Waals surface area (Å²) >= 11 is 1.44. The Kier molecular flexibility index (Phi) is 7.79. The molecule has 0 spiro atoms. The Hall–Kier alpha value is -5.00. The van der Waals surface area contributed by atoms with Crippen molar-refractivity contribution in [3.05, 3.63) is 95.9 Å². The number of imidazole rings is 1. The molecule has 1 aliphatic heterocycles. The summed E-state index contributed by atoms with van der Waals surface area (Å²) in [7, 11) is 3.46. The molecule has 0 bridgehead atoms. The van der Waals surface area contributed by atoms with Crippen LogP contribution in [0.5, 0.6) is 5.75 Å². The molecule has 0 atom stereocenters. The van der Waals surface area contributed by atoms with Crippen molar-refractivity contribution in [1.29, 1.82) is 0 Å². The van der Waals surface area contributed by atoms with Crippen LogP contribution in [-0.4, -0.2) is 57.2 Å². The summed E-state index contributed by atoms with van der Waals surface area (Å²) < 4.78 is 44.4. The maximum absolute atomic E-state index is 16.0. The van der Waals surface area contributed by atoms with Gasteiger partial charge in [0.1, 0.15) is 24.0 Å². The second-order valence-electron chi connectivity index (χ2n) is 11.1. The van der Waals surface area contributed by atoms with Crippen LogP contribution in [0.3, 0.4) is 0 Å². The Bertz CT molecular complexity index is 2160. The van der Waals surface area contributed by atoms with Gasteiger partial charge < -0.3 is 18.9 Å². The zero-order valence-electron chi connectivity index (χ0n) is 25.2. The third-order valence-corrected chi connectivity index (χ3v) is 9.15. The van der Waals surface area contributed by atoms with Crippen molar-refractivity contribution >= 4 is 38.4 Å². The van der Waals surface area contributed by atoms with E-state index in [4.69, 9.17) is 19.4 Å². The van der Waals surface area contributed by atoms with Crippen LogP contribution >= 0.6 is 11.3 Å². The maximum Gasteiger partial charge on any atom is 0.246 e. The van der Waals surface area contributed by atoms with Gasteiger partial charge in [-0.05, 0) is 41.3 Å². The molecule has 2 aromatic carbocycles. The number of fused-ring (bicyclic) bond motifs is 3. The number of thiophene rings is 1. The van der Waals surface area contributed by atoms with E-state index in [0.717, 1.165) is 44.0 Å². The predicted octanol–water partition coefficient (Wildman–Crippen LogP) is 6.95. The average Bonchev–Trinajstić information content (AvgIpc) is 3.70. The van der Waals surface area contributed by atoms with Crippen molar-refractivity contribution < 1.29 is 23.0 Å². The number of aryl methyl sites for hydroxylation is 1. The smallest absolute Gasteiger partial charge is 0.246 e. The van der Waals surface area contributed by atoms with Gasteiger partial charge in [0.15, 0.2) is 0 Å². The Labute approximate surface area is 267 Å². The van der Waals surface area contributed by atoms with Crippen molar-refractivity contribution in [2.75, 3.05) is 26.9 Å². The summed E-state index contributed by atoms with van der Waals surface area (Å²) in [5, 5.41) is 2.74. The fraction of sp³-hybridized carbons (Fsp3) is 0.200. The highest BCUT2D eigenvalue weighted by Crippen LogP contribution is 2.47. The molecule has 8 nitrogen and oxygen atoms in total. The molecule has 0 saturated carbocycles. The lowest BCUT2D eigenvalue weighted by molar-refractivity contribution is -0.126. The minimum atomic E-state index is -0.775. The van der Waals surface area contributed by atoms with Gasteiger partial charge in [0.25, 0.3) is 0 Å². The molecule has 4 aromatic heterocycles. The molecule has 5 heterocycles. The molecular formula is C35H29F2N5O3S. The number of nitrogens with zero attached hydrogens (tertiary/aromatic N) is 5. The molecule has 7 rings (SSSR count). The number of hydrogen-bond donors (Lipinski definition) is 0. The third-order valence-electron chi connectivity index (χ3n) is 8.22. The first-order valence-electron chi connectivity index (χ1n) is 14.7. The number of pyridine rings is 2. The number of halogens is 2. The van der Waals surface area contributed by atoms with Crippen molar-refractivity contribution in [3.63, 3.8) is 0 Å². The molecular weight excluding hydrogens is 608 g/mol. The first kappa shape index (κ1) is 29.7. The van der Waals surface area contributed by atoms with Gasteiger partial charge in [-0.25, -0.2) is 18.7 Å². The summed E-state index contributed by atoms with van der Waals surface area (Å²) in [6.07, 6.45) is 5.40. The fourth-order valence-corrected chi connectivity index (χ4v) is 6.92. The molecule has 6 aromatic rings. The molecule has 0 saturated heterocycles. The zero-order chi connectivity index (χ0) is 31.9. The first-order chi connectivity index (χ1) is 22.4. The Morgan fingerprint density at radius 3 is 2.76 bits per heavy atom. The number of methoxy groups -OCH3 is 1. The predicted molar refractivity (Wildman–Crippen MR) is 175 cm³/mol. The van der Waals surface area contributed by atoms with Gasteiger partial charge in [-0.15, -0.1) is 11.3 Å². The second-order valence-corrected chi connectivity index (χ2v) is 12.0. The largest absolute Gasteiger partial charge is 0.490 e. The monoisotopic (exact) mass is 637 g/mol. The highest BCUT2D eigenvalue weighted by atomic mass is 32.1. The van der Waals surface area contributed by atoms with Crippen LogP contribution in [0.4, 0.5) is 8.78 Å². The number of hydrogen-bond acceptors (Lipinski definition) is 7. The van der Waals surface area contributed by atoms with Crippen LogP contribution in [0.1, 0.15) is 11.3 Å². The van der Waals surface area contributed by atoms with E-state index in [9.17, 15) is 9.18 Å². The SMILES string of the molecule is C=CC(=O)N1CCc2ncc(-c3nc(-c4ccc5ncn(C)c5c4)c4ccsc4c3-c3c(F)cc(F)cc3OCCOC)cc2C1. The van der Waals surface area contributed by atoms with Gasteiger partial charge in [0, 0.05) is 84.5 Å². The molecule has 0 N–H and O–H groups in total. The molecule has 1 aliphatic rings. The number of carbonyl (C=O) groups excluding carboxylic acids is 1. The minimum Gasteiger partial charge on any atom is -0.490 e. The van der Waals surface area contributed by atoms with Gasteiger partial charge in [0.05, 0.1) is 40.9 Å². The summed E-state index contributed by atoms with van der Waals surface area (Å²) in [6.45, 7) is 4.86. The highest BCUT2D eigenvalue weighted by molar-refractivity contribution is 7.18. The van der Waals surface area contributed by atoms with Crippen LogP contribution < -0.4 is 4.74 Å². The highest BCUT2D eigenvalue weighted by Gasteiger charge is 2.27. The third kappa shape index (κ3) is 5.21. The number of rotatable bonds is 8. The van der Waals surface area contributed by atoms with E-state index < -0.39 is 11.6 Å². The van der Waals surface area contributed by atoms with Gasteiger partial charge in [0.2, 0.25) is 5.91 Å². The molecule has 0 fully saturated rings. The number of carbonyl (C=O) groups is 1. The minimum absolute atomic E-state index is 0.0463. The standard InChI is InChI=1S/C35H29F2N5O3S/c1-4-30(43)42-9-7-26-22(18-42)13-21(17-38-26)34-32(31-25(37)15-23(36)16-29(31)45-11-10-44-3)35-24(8-12-46-35)33(40-34)20-5-6-27-28(14-20)41(2)19-39-27/h4-6,8,12-17,19H,1,7,9-11,18H2,2-3H3. The first-order valence-corrected chi connectivity index (χ1v) is 15.6. The summed E-state index contributed by atoms with van der Waals surface area (Å²) in [5.74, 6) is -1.64. The number of aromatic nitrogens is 4. The quantitative estimate of drug-likeness (QED) is 0.133. The Morgan fingerprint density at radius 1 is 1.07 bits per heavy atom. The van der Waals surface area contributed by atoms with Crippen LogP contribution in [0.2, 0.25) is 0 Å². The van der Waals surface area contributed by atoms with Crippen molar-refractivity contribution in [3.8, 4) is 39.4 Å². The van der Waals surface area contributed by atoms with Crippen molar-refractivity contribution in [1.82, 2.24) is 24.4 Å². The molecule has 232 valence electrons. The molecule has 0 radical (unpaired) electrons. The van der Waals surface area contributed by atoms with E-state index in [2.05, 4.69) is 11.6 Å². The molecule has 1 amide bonds. The molecule has 0 unspecified atom stereocenters. The number of amides is 1. The lowest BCUT2D eigenvalue weighted by atomic mass is 9.94. The molecule has 11 heteroatoms. The van der Waals surface area contributed by atoms with E-state index in [1.165, 1.54) is 30.6 Å². The van der Waals surface area contributed by atoms with Gasteiger partial charge >= 0.3 is 0 Å². The Morgan fingerprint density at radius 2 is 1.93 bits per heavy atom. The van der Waals surface area contributed by atoms with E-state index in [1.807, 2.05) is 47.3 Å². The van der Waals surface area contributed by atoms with E-state index in [0.29, 0.717) is 42.0 Å². The molecule has 46 heavy (non-hydrogen) atoms. The number of benzene rings is 2.